The van der Waals surface area contributed by atoms with Gasteiger partial charge in [0.05, 0.1) is 5.92 Å². The molecule has 104 valence electrons. The van der Waals surface area contributed by atoms with E-state index in [1.54, 1.807) is 0 Å². The van der Waals surface area contributed by atoms with Crippen LogP contribution in [0.3, 0.4) is 0 Å². The Labute approximate surface area is 107 Å². The highest BCUT2D eigenvalue weighted by molar-refractivity contribution is 6.17. The lowest BCUT2D eigenvalue weighted by molar-refractivity contribution is -0.181. The standard InChI is InChI=1S/C11H12O8/c12-7(13)5-3-1-2-4-6(5)11(8(14)15,9(16)17)10(18)19/h2,4-6H,1,3H2,(H,12,13)(H,14,15)(H,16,17)(H,18,19). The van der Waals surface area contributed by atoms with E-state index in [0.717, 1.165) is 6.08 Å². The maximum Gasteiger partial charge on any atom is 0.333 e. The third-order valence-electron chi connectivity index (χ3n) is 3.25. The number of aliphatic carboxylic acids is 4. The van der Waals surface area contributed by atoms with E-state index < -0.39 is 41.1 Å². The summed E-state index contributed by atoms with van der Waals surface area (Å²) in [6.45, 7) is 0. The van der Waals surface area contributed by atoms with E-state index in [4.69, 9.17) is 20.4 Å². The van der Waals surface area contributed by atoms with Gasteiger partial charge in [-0.1, -0.05) is 12.2 Å². The quantitative estimate of drug-likeness (QED) is 0.400. The molecule has 0 saturated carbocycles. The molecule has 4 N–H and O–H groups in total. The van der Waals surface area contributed by atoms with Crippen molar-refractivity contribution in [1.82, 2.24) is 0 Å². The molecule has 0 heterocycles. The Morgan fingerprint density at radius 1 is 0.947 bits per heavy atom. The second-order valence-corrected chi connectivity index (χ2v) is 4.20. The zero-order chi connectivity index (χ0) is 14.8. The summed E-state index contributed by atoms with van der Waals surface area (Å²) < 4.78 is 0. The van der Waals surface area contributed by atoms with Crippen LogP contribution in [0.5, 0.6) is 0 Å². The van der Waals surface area contributed by atoms with Crippen LogP contribution in [-0.4, -0.2) is 44.3 Å². The molecule has 8 heteroatoms. The third kappa shape index (κ3) is 2.16. The topological polar surface area (TPSA) is 149 Å². The molecule has 0 fully saturated rings. The average Bonchev–Trinajstić information content (AvgIpc) is 2.28. The Hall–Kier alpha value is -2.38. The van der Waals surface area contributed by atoms with E-state index in [0.29, 0.717) is 6.42 Å². The van der Waals surface area contributed by atoms with Crippen molar-refractivity contribution in [2.24, 2.45) is 17.3 Å². The van der Waals surface area contributed by atoms with Crippen molar-refractivity contribution in [2.75, 3.05) is 0 Å². The summed E-state index contributed by atoms with van der Waals surface area (Å²) >= 11 is 0. The van der Waals surface area contributed by atoms with E-state index in [9.17, 15) is 19.2 Å². The Morgan fingerprint density at radius 2 is 1.42 bits per heavy atom. The molecule has 0 aliphatic heterocycles. The fraction of sp³-hybridized carbons (Fsp3) is 0.455. The minimum absolute atomic E-state index is 0.00785. The molecule has 2 unspecified atom stereocenters. The number of carboxylic acid groups (broad SMARTS) is 4. The van der Waals surface area contributed by atoms with Crippen LogP contribution in [0.2, 0.25) is 0 Å². The summed E-state index contributed by atoms with van der Waals surface area (Å²) in [6.07, 6.45) is 2.76. The Balaban J connectivity index is 3.46. The van der Waals surface area contributed by atoms with Gasteiger partial charge in [0.1, 0.15) is 0 Å². The normalized spacial score (nSPS) is 22.7. The molecule has 0 aromatic carbocycles. The van der Waals surface area contributed by atoms with Crippen LogP contribution in [0.4, 0.5) is 0 Å². The molecule has 0 aromatic rings. The molecule has 8 nitrogen and oxygen atoms in total. The van der Waals surface area contributed by atoms with Crippen LogP contribution in [-0.2, 0) is 19.2 Å². The van der Waals surface area contributed by atoms with Crippen LogP contribution in [0.1, 0.15) is 12.8 Å². The molecule has 0 bridgehead atoms. The van der Waals surface area contributed by atoms with Crippen LogP contribution in [0.15, 0.2) is 12.2 Å². The predicted molar refractivity (Wildman–Crippen MR) is 58.3 cm³/mol. The van der Waals surface area contributed by atoms with E-state index in [2.05, 4.69) is 0 Å². The zero-order valence-electron chi connectivity index (χ0n) is 9.65. The van der Waals surface area contributed by atoms with Gasteiger partial charge in [0.25, 0.3) is 5.41 Å². The summed E-state index contributed by atoms with van der Waals surface area (Å²) in [6, 6.07) is 0. The average molecular weight is 272 g/mol. The van der Waals surface area contributed by atoms with Crippen molar-refractivity contribution in [3.8, 4) is 0 Å². The minimum Gasteiger partial charge on any atom is -0.481 e. The summed E-state index contributed by atoms with van der Waals surface area (Å²) in [7, 11) is 0. The van der Waals surface area contributed by atoms with Crippen LogP contribution >= 0.6 is 0 Å². The molecular formula is C11H12O8. The summed E-state index contributed by atoms with van der Waals surface area (Å²) in [4.78, 5) is 44.6. The van der Waals surface area contributed by atoms with Gasteiger partial charge in [-0.3, -0.25) is 19.2 Å². The lowest BCUT2D eigenvalue weighted by Crippen LogP contribution is -2.55. The third-order valence-corrected chi connectivity index (χ3v) is 3.25. The SMILES string of the molecule is O=C(O)C1CCC=CC1C(C(=O)O)(C(=O)O)C(=O)O. The van der Waals surface area contributed by atoms with Gasteiger partial charge in [-0.15, -0.1) is 0 Å². The summed E-state index contributed by atoms with van der Waals surface area (Å²) in [5, 5.41) is 36.1. The van der Waals surface area contributed by atoms with Gasteiger partial charge in [0.2, 0.25) is 0 Å². The van der Waals surface area contributed by atoms with E-state index >= 15 is 0 Å². The number of carbonyl (C=O) groups is 4. The first-order valence-corrected chi connectivity index (χ1v) is 5.35. The Bertz CT molecular complexity index is 427. The highest BCUT2D eigenvalue weighted by Gasteiger charge is 2.62. The summed E-state index contributed by atoms with van der Waals surface area (Å²) in [5.41, 5.74) is -3.19. The molecule has 1 rings (SSSR count). The molecule has 1 aliphatic carbocycles. The van der Waals surface area contributed by atoms with Crippen molar-refractivity contribution in [3.05, 3.63) is 12.2 Å². The highest BCUT2D eigenvalue weighted by atomic mass is 16.4. The van der Waals surface area contributed by atoms with Gasteiger partial charge in [0.15, 0.2) is 0 Å². The molecule has 0 aromatic heterocycles. The Morgan fingerprint density at radius 3 is 1.79 bits per heavy atom. The number of rotatable bonds is 5. The van der Waals surface area contributed by atoms with Crippen LogP contribution < -0.4 is 0 Å². The van der Waals surface area contributed by atoms with Crippen molar-refractivity contribution >= 4 is 23.9 Å². The van der Waals surface area contributed by atoms with Crippen molar-refractivity contribution in [2.45, 2.75) is 12.8 Å². The first kappa shape index (κ1) is 14.7. The number of hydrogen-bond acceptors (Lipinski definition) is 4. The maximum atomic E-state index is 11.2. The van der Waals surface area contributed by atoms with Gasteiger partial charge < -0.3 is 20.4 Å². The lowest BCUT2D eigenvalue weighted by atomic mass is 9.66. The van der Waals surface area contributed by atoms with E-state index in [-0.39, 0.29) is 6.42 Å². The largest absolute Gasteiger partial charge is 0.481 e. The van der Waals surface area contributed by atoms with E-state index in [1.165, 1.54) is 6.08 Å². The number of hydrogen-bond donors (Lipinski definition) is 4. The second-order valence-electron chi connectivity index (χ2n) is 4.20. The van der Waals surface area contributed by atoms with E-state index in [1.807, 2.05) is 0 Å². The number of allylic oxidation sites excluding steroid dienone is 2. The fourth-order valence-electron chi connectivity index (χ4n) is 2.26. The zero-order valence-corrected chi connectivity index (χ0v) is 9.65. The molecule has 0 amide bonds. The molecule has 2 atom stereocenters. The van der Waals surface area contributed by atoms with Gasteiger partial charge in [-0.2, -0.15) is 0 Å². The first-order chi connectivity index (χ1) is 8.76. The fourth-order valence-corrected chi connectivity index (χ4v) is 2.26. The molecule has 0 radical (unpaired) electrons. The Kier molecular flexibility index (Phi) is 3.93. The molecule has 0 spiro atoms. The molecule has 19 heavy (non-hydrogen) atoms. The van der Waals surface area contributed by atoms with Gasteiger partial charge in [-0.05, 0) is 12.8 Å². The predicted octanol–water partition coefficient (Wildman–Crippen LogP) is -0.106. The minimum atomic E-state index is -3.19. The van der Waals surface area contributed by atoms with Crippen molar-refractivity contribution in [3.63, 3.8) is 0 Å². The van der Waals surface area contributed by atoms with Gasteiger partial charge in [-0.25, -0.2) is 0 Å². The molecule has 0 saturated heterocycles. The monoisotopic (exact) mass is 272 g/mol. The smallest absolute Gasteiger partial charge is 0.333 e. The second kappa shape index (κ2) is 5.09. The number of carboxylic acids is 4. The van der Waals surface area contributed by atoms with Crippen molar-refractivity contribution in [1.29, 1.82) is 0 Å². The first-order valence-electron chi connectivity index (χ1n) is 5.35. The maximum absolute atomic E-state index is 11.2. The van der Waals surface area contributed by atoms with Gasteiger partial charge in [0, 0.05) is 5.92 Å². The lowest BCUT2D eigenvalue weighted by Gasteiger charge is -2.33. The van der Waals surface area contributed by atoms with Crippen LogP contribution in [0, 0.1) is 17.3 Å². The van der Waals surface area contributed by atoms with Crippen LogP contribution in [0.25, 0.3) is 0 Å². The summed E-state index contributed by atoms with van der Waals surface area (Å²) in [5.74, 6) is -10.7. The highest BCUT2D eigenvalue weighted by Crippen LogP contribution is 2.40. The molecule has 1 aliphatic rings. The van der Waals surface area contributed by atoms with Gasteiger partial charge >= 0.3 is 23.9 Å². The van der Waals surface area contributed by atoms with Crippen molar-refractivity contribution < 1.29 is 39.6 Å². The molecular weight excluding hydrogens is 260 g/mol.